The van der Waals surface area contributed by atoms with Gasteiger partial charge >= 0.3 is 0 Å². The highest BCUT2D eigenvalue weighted by Crippen LogP contribution is 2.35. The van der Waals surface area contributed by atoms with Gasteiger partial charge in [0.25, 0.3) is 0 Å². The third-order valence-electron chi connectivity index (χ3n) is 3.71. The lowest BCUT2D eigenvalue weighted by Crippen LogP contribution is -2.36. The number of halogens is 1. The van der Waals surface area contributed by atoms with Crippen LogP contribution in [0.4, 0.5) is 5.69 Å². The van der Waals surface area contributed by atoms with Crippen LogP contribution in [-0.2, 0) is 22.2 Å². The first-order valence-electron chi connectivity index (χ1n) is 6.82. The van der Waals surface area contributed by atoms with Gasteiger partial charge in [-0.2, -0.15) is 0 Å². The van der Waals surface area contributed by atoms with E-state index in [1.54, 1.807) is 4.31 Å². The summed E-state index contributed by atoms with van der Waals surface area (Å²) in [5.41, 5.74) is 2.72. The van der Waals surface area contributed by atoms with Gasteiger partial charge < -0.3 is 0 Å². The SMILES string of the molecule is C[C@@H]1Cc2ccccc2N1S(=O)(=O)Cc1ccc(Br)cc1. The molecule has 3 nitrogen and oxygen atoms in total. The minimum Gasteiger partial charge on any atom is -0.267 e. The summed E-state index contributed by atoms with van der Waals surface area (Å²) in [4.78, 5) is 0. The quantitative estimate of drug-likeness (QED) is 0.830. The molecule has 1 aliphatic rings. The Morgan fingerprint density at radius 1 is 1.14 bits per heavy atom. The summed E-state index contributed by atoms with van der Waals surface area (Å²) in [7, 11) is -3.37. The van der Waals surface area contributed by atoms with Gasteiger partial charge in [-0.25, -0.2) is 8.42 Å². The molecule has 5 heteroatoms. The molecular formula is C16H16BrNO2S. The van der Waals surface area contributed by atoms with Crippen molar-refractivity contribution in [3.63, 3.8) is 0 Å². The maximum Gasteiger partial charge on any atom is 0.239 e. The Labute approximate surface area is 133 Å². The summed E-state index contributed by atoms with van der Waals surface area (Å²) in [5.74, 6) is 0.0267. The lowest BCUT2D eigenvalue weighted by Gasteiger charge is -2.24. The van der Waals surface area contributed by atoms with Gasteiger partial charge in [0, 0.05) is 10.5 Å². The molecular weight excluding hydrogens is 350 g/mol. The lowest BCUT2D eigenvalue weighted by atomic mass is 10.1. The zero-order valence-electron chi connectivity index (χ0n) is 11.7. The average Bonchev–Trinajstić information content (AvgIpc) is 2.77. The standard InChI is InChI=1S/C16H16BrNO2S/c1-12-10-14-4-2-3-5-16(14)18(12)21(19,20)11-13-6-8-15(17)9-7-13/h2-9,12H,10-11H2,1H3/t12-/m1/s1. The van der Waals surface area contributed by atoms with Gasteiger partial charge in [-0.1, -0.05) is 46.3 Å². The number of anilines is 1. The Morgan fingerprint density at radius 2 is 1.81 bits per heavy atom. The fourth-order valence-corrected chi connectivity index (χ4v) is 4.94. The van der Waals surface area contributed by atoms with Gasteiger partial charge in [0.05, 0.1) is 11.4 Å². The highest BCUT2D eigenvalue weighted by Gasteiger charge is 2.34. The largest absolute Gasteiger partial charge is 0.267 e. The van der Waals surface area contributed by atoms with Gasteiger partial charge in [0.2, 0.25) is 10.0 Å². The molecule has 21 heavy (non-hydrogen) atoms. The van der Waals surface area contributed by atoms with E-state index in [2.05, 4.69) is 15.9 Å². The van der Waals surface area contributed by atoms with E-state index in [0.717, 1.165) is 27.7 Å². The number of hydrogen-bond acceptors (Lipinski definition) is 2. The first kappa shape index (κ1) is 14.6. The number of rotatable bonds is 3. The van der Waals surface area contributed by atoms with Crippen LogP contribution < -0.4 is 4.31 Å². The molecule has 0 unspecified atom stereocenters. The fraction of sp³-hybridized carbons (Fsp3) is 0.250. The smallest absolute Gasteiger partial charge is 0.239 e. The molecule has 3 rings (SSSR count). The van der Waals surface area contributed by atoms with E-state index >= 15 is 0 Å². The molecule has 0 radical (unpaired) electrons. The summed E-state index contributed by atoms with van der Waals surface area (Å²) < 4.78 is 28.1. The zero-order chi connectivity index (χ0) is 15.0. The predicted octanol–water partition coefficient (Wildman–Crippen LogP) is 3.73. The Bertz CT molecular complexity index is 756. The monoisotopic (exact) mass is 365 g/mol. The summed E-state index contributed by atoms with van der Waals surface area (Å²) in [5, 5.41) is 0. The van der Waals surface area contributed by atoms with Gasteiger partial charge in [0.1, 0.15) is 0 Å². The third kappa shape index (κ3) is 2.85. The van der Waals surface area contributed by atoms with Crippen molar-refractivity contribution in [1.82, 2.24) is 0 Å². The molecule has 0 bridgehead atoms. The van der Waals surface area contributed by atoms with Crippen LogP contribution in [0, 0.1) is 0 Å². The topological polar surface area (TPSA) is 37.4 Å². The lowest BCUT2D eigenvalue weighted by molar-refractivity contribution is 0.583. The average molecular weight is 366 g/mol. The Hall–Kier alpha value is -1.33. The van der Waals surface area contributed by atoms with Crippen LogP contribution in [0.15, 0.2) is 53.0 Å². The molecule has 0 amide bonds. The van der Waals surface area contributed by atoms with Crippen molar-refractivity contribution in [2.24, 2.45) is 0 Å². The maximum atomic E-state index is 12.8. The molecule has 1 heterocycles. The van der Waals surface area contributed by atoms with E-state index in [4.69, 9.17) is 0 Å². The molecule has 0 aromatic heterocycles. The van der Waals surface area contributed by atoms with E-state index < -0.39 is 10.0 Å². The van der Waals surface area contributed by atoms with E-state index in [0.29, 0.717) is 0 Å². The van der Waals surface area contributed by atoms with Crippen LogP contribution in [0.3, 0.4) is 0 Å². The summed E-state index contributed by atoms with van der Waals surface area (Å²) in [6, 6.07) is 15.1. The molecule has 0 N–H and O–H groups in total. The number of sulfonamides is 1. The minimum atomic E-state index is -3.37. The van der Waals surface area contributed by atoms with E-state index in [1.165, 1.54) is 0 Å². The second-order valence-corrected chi connectivity index (χ2v) is 8.12. The van der Waals surface area contributed by atoms with Crippen molar-refractivity contribution >= 4 is 31.6 Å². The van der Waals surface area contributed by atoms with Crippen LogP contribution in [0.25, 0.3) is 0 Å². The highest BCUT2D eigenvalue weighted by molar-refractivity contribution is 9.10. The van der Waals surface area contributed by atoms with E-state index in [9.17, 15) is 8.42 Å². The predicted molar refractivity (Wildman–Crippen MR) is 88.9 cm³/mol. The second kappa shape index (κ2) is 5.46. The normalized spacial score (nSPS) is 17.8. The zero-order valence-corrected chi connectivity index (χ0v) is 14.1. The molecule has 0 spiro atoms. The van der Waals surface area contributed by atoms with Crippen molar-refractivity contribution < 1.29 is 8.42 Å². The van der Waals surface area contributed by atoms with Crippen LogP contribution in [0.1, 0.15) is 18.1 Å². The molecule has 0 saturated heterocycles. The highest BCUT2D eigenvalue weighted by atomic mass is 79.9. The molecule has 0 aliphatic carbocycles. The van der Waals surface area contributed by atoms with E-state index in [-0.39, 0.29) is 11.8 Å². The molecule has 2 aromatic carbocycles. The van der Waals surface area contributed by atoms with Gasteiger partial charge in [0.15, 0.2) is 0 Å². The number of benzene rings is 2. The van der Waals surface area contributed by atoms with Crippen molar-refractivity contribution in [2.75, 3.05) is 4.31 Å². The van der Waals surface area contributed by atoms with Gasteiger partial charge in [-0.05, 0) is 42.7 Å². The number of nitrogens with zero attached hydrogens (tertiary/aromatic N) is 1. The fourth-order valence-electron chi connectivity index (χ4n) is 2.82. The molecule has 0 saturated carbocycles. The number of fused-ring (bicyclic) bond motifs is 1. The van der Waals surface area contributed by atoms with Crippen molar-refractivity contribution in [3.8, 4) is 0 Å². The van der Waals surface area contributed by atoms with Crippen LogP contribution in [0.5, 0.6) is 0 Å². The Balaban J connectivity index is 1.93. The first-order chi connectivity index (χ1) is 9.97. The van der Waals surface area contributed by atoms with Gasteiger partial charge in [-0.3, -0.25) is 4.31 Å². The molecule has 0 fully saturated rings. The van der Waals surface area contributed by atoms with Crippen molar-refractivity contribution in [1.29, 1.82) is 0 Å². The summed E-state index contributed by atoms with van der Waals surface area (Å²) in [6.07, 6.45) is 0.774. The minimum absolute atomic E-state index is 0.0251. The van der Waals surface area contributed by atoms with Crippen LogP contribution in [-0.4, -0.2) is 14.5 Å². The molecule has 1 atom stereocenters. The summed E-state index contributed by atoms with van der Waals surface area (Å²) >= 11 is 3.36. The van der Waals surface area contributed by atoms with Crippen LogP contribution in [0.2, 0.25) is 0 Å². The Kier molecular flexibility index (Phi) is 3.80. The van der Waals surface area contributed by atoms with Crippen molar-refractivity contribution in [3.05, 3.63) is 64.1 Å². The first-order valence-corrected chi connectivity index (χ1v) is 9.22. The molecule has 110 valence electrons. The van der Waals surface area contributed by atoms with E-state index in [1.807, 2.05) is 55.5 Å². The second-order valence-electron chi connectivity index (χ2n) is 5.36. The third-order valence-corrected chi connectivity index (χ3v) is 6.09. The van der Waals surface area contributed by atoms with Crippen molar-refractivity contribution in [2.45, 2.75) is 25.1 Å². The van der Waals surface area contributed by atoms with Gasteiger partial charge in [-0.15, -0.1) is 0 Å². The maximum absolute atomic E-state index is 12.8. The summed E-state index contributed by atoms with van der Waals surface area (Å²) in [6.45, 7) is 1.96. The van der Waals surface area contributed by atoms with Crippen LogP contribution >= 0.6 is 15.9 Å². The number of para-hydroxylation sites is 1. The molecule has 2 aromatic rings. The molecule has 1 aliphatic heterocycles. The Morgan fingerprint density at radius 3 is 2.52 bits per heavy atom. The number of hydrogen-bond donors (Lipinski definition) is 0.